The van der Waals surface area contributed by atoms with Crippen LogP contribution in [0.3, 0.4) is 0 Å². The van der Waals surface area contributed by atoms with Crippen LogP contribution in [0.1, 0.15) is 0 Å². The van der Waals surface area contributed by atoms with Crippen molar-refractivity contribution in [3.63, 3.8) is 0 Å². The molecule has 1 rings (SSSR count). The fraction of sp³-hybridized carbons (Fsp3) is 0.600. The normalized spacial score (nSPS) is 25.4. The van der Waals surface area contributed by atoms with Gasteiger partial charge in [0.25, 0.3) is 6.36 Å². The monoisotopic (exact) mass is 117 g/mol. The lowest BCUT2D eigenvalue weighted by Gasteiger charge is -2.26. The Balaban J connectivity index is 2.49. The van der Waals surface area contributed by atoms with Crippen molar-refractivity contribution in [2.24, 2.45) is 0 Å². The largest absolute Gasteiger partial charge is 0.460 e. The lowest BCUT2D eigenvalue weighted by molar-refractivity contribution is -0.0142. The van der Waals surface area contributed by atoms with Crippen molar-refractivity contribution in [3.8, 4) is 0 Å². The smallest absolute Gasteiger partial charge is 0.280 e. The van der Waals surface area contributed by atoms with Crippen molar-refractivity contribution in [1.29, 1.82) is 0 Å². The molecule has 2 nitrogen and oxygen atoms in total. The molecule has 0 saturated heterocycles. The molecule has 0 bridgehead atoms. The molecule has 0 aromatic carbocycles. The van der Waals surface area contributed by atoms with Gasteiger partial charge in [-0.05, 0) is 0 Å². The van der Waals surface area contributed by atoms with Crippen LogP contribution in [0, 0.1) is 0 Å². The third-order valence-corrected chi connectivity index (χ3v) is 1.06. The molecule has 3 heteroatoms. The molecular formula is C5H8FNO. The summed E-state index contributed by atoms with van der Waals surface area (Å²) in [7, 11) is 3.56. The molecule has 1 aliphatic heterocycles. The van der Waals surface area contributed by atoms with Crippen molar-refractivity contribution in [2.45, 2.75) is 6.36 Å². The molecule has 0 saturated carbocycles. The molecule has 46 valence electrons. The van der Waals surface area contributed by atoms with E-state index in [9.17, 15) is 4.39 Å². The Morgan fingerprint density at radius 1 is 1.75 bits per heavy atom. The molecular weight excluding hydrogens is 109 g/mol. The fourth-order valence-electron chi connectivity index (χ4n) is 0.489. The van der Waals surface area contributed by atoms with Crippen molar-refractivity contribution in [2.75, 3.05) is 14.1 Å². The van der Waals surface area contributed by atoms with Crippen molar-refractivity contribution >= 4 is 0 Å². The summed E-state index contributed by atoms with van der Waals surface area (Å²) in [5, 5.41) is 0. The van der Waals surface area contributed by atoms with Gasteiger partial charge in [0, 0.05) is 14.1 Å². The van der Waals surface area contributed by atoms with E-state index in [2.05, 4.69) is 4.74 Å². The molecule has 0 spiro atoms. The average Bonchev–Trinajstić information content (AvgIpc) is 1.61. The van der Waals surface area contributed by atoms with Gasteiger partial charge in [-0.3, -0.25) is 0 Å². The molecule has 0 fully saturated rings. The van der Waals surface area contributed by atoms with Crippen LogP contribution in [-0.4, -0.2) is 25.4 Å². The van der Waals surface area contributed by atoms with Gasteiger partial charge in [-0.1, -0.05) is 0 Å². The van der Waals surface area contributed by atoms with E-state index < -0.39 is 6.36 Å². The van der Waals surface area contributed by atoms with Crippen molar-refractivity contribution in [3.05, 3.63) is 12.0 Å². The van der Waals surface area contributed by atoms with E-state index >= 15 is 0 Å². The van der Waals surface area contributed by atoms with E-state index in [0.717, 1.165) is 0 Å². The molecule has 1 heterocycles. The van der Waals surface area contributed by atoms with E-state index in [1.165, 1.54) is 6.26 Å². The standard InChI is InChI=1S/C5H8FNO/c1-7(2)4-3-8-5(4)6/h3,5H,1-2H3. The van der Waals surface area contributed by atoms with Gasteiger partial charge in [0.2, 0.25) is 0 Å². The summed E-state index contributed by atoms with van der Waals surface area (Å²) in [4.78, 5) is 1.69. The van der Waals surface area contributed by atoms with E-state index in [-0.39, 0.29) is 0 Å². The van der Waals surface area contributed by atoms with Gasteiger partial charge in [0.1, 0.15) is 12.0 Å². The quantitative estimate of drug-likeness (QED) is 0.501. The van der Waals surface area contributed by atoms with Crippen LogP contribution in [0.5, 0.6) is 0 Å². The van der Waals surface area contributed by atoms with Crippen LogP contribution < -0.4 is 0 Å². The number of hydrogen-bond acceptors (Lipinski definition) is 2. The lowest BCUT2D eigenvalue weighted by atomic mass is 10.4. The highest BCUT2D eigenvalue weighted by atomic mass is 19.1. The number of rotatable bonds is 1. The van der Waals surface area contributed by atoms with Gasteiger partial charge in [-0.25, -0.2) is 0 Å². The predicted molar refractivity (Wildman–Crippen MR) is 27.8 cm³/mol. The minimum atomic E-state index is -1.19. The number of nitrogens with zero attached hydrogens (tertiary/aromatic N) is 1. The zero-order valence-corrected chi connectivity index (χ0v) is 4.89. The summed E-state index contributed by atoms with van der Waals surface area (Å²) in [6, 6.07) is 0. The van der Waals surface area contributed by atoms with Crippen LogP contribution in [0.2, 0.25) is 0 Å². The van der Waals surface area contributed by atoms with Crippen molar-refractivity contribution in [1.82, 2.24) is 4.90 Å². The Morgan fingerprint density at radius 2 is 2.38 bits per heavy atom. The van der Waals surface area contributed by atoms with Crippen molar-refractivity contribution < 1.29 is 9.13 Å². The Hall–Kier alpha value is -0.730. The number of halogens is 1. The first-order chi connectivity index (χ1) is 3.72. The third-order valence-electron chi connectivity index (χ3n) is 1.06. The zero-order chi connectivity index (χ0) is 6.15. The Bertz CT molecular complexity index is 122. The summed E-state index contributed by atoms with van der Waals surface area (Å²) in [6.45, 7) is 0. The van der Waals surface area contributed by atoms with Crippen LogP contribution in [-0.2, 0) is 4.74 Å². The topological polar surface area (TPSA) is 12.5 Å². The van der Waals surface area contributed by atoms with Crippen LogP contribution in [0.25, 0.3) is 0 Å². The molecule has 0 N–H and O–H groups in total. The Labute approximate surface area is 47.5 Å². The van der Waals surface area contributed by atoms with Crippen LogP contribution in [0.15, 0.2) is 12.0 Å². The van der Waals surface area contributed by atoms with E-state index in [1.807, 2.05) is 0 Å². The van der Waals surface area contributed by atoms with Crippen LogP contribution >= 0.6 is 0 Å². The minimum Gasteiger partial charge on any atom is -0.460 e. The molecule has 0 aromatic rings. The van der Waals surface area contributed by atoms with Gasteiger partial charge in [-0.2, -0.15) is 4.39 Å². The molecule has 1 aliphatic rings. The first-order valence-corrected chi connectivity index (χ1v) is 2.39. The van der Waals surface area contributed by atoms with E-state index in [1.54, 1.807) is 19.0 Å². The molecule has 0 aromatic heterocycles. The van der Waals surface area contributed by atoms with E-state index in [4.69, 9.17) is 0 Å². The summed E-state index contributed by atoms with van der Waals surface area (Å²) in [5.74, 6) is 0. The van der Waals surface area contributed by atoms with Crippen LogP contribution in [0.4, 0.5) is 4.39 Å². The zero-order valence-electron chi connectivity index (χ0n) is 4.89. The fourth-order valence-corrected chi connectivity index (χ4v) is 0.489. The Morgan fingerprint density at radius 3 is 2.38 bits per heavy atom. The van der Waals surface area contributed by atoms with Gasteiger partial charge >= 0.3 is 0 Å². The number of likely N-dealkylation sites (N-methyl/N-ethyl adjacent to an activating group) is 1. The summed E-state index contributed by atoms with van der Waals surface area (Å²) in [6.07, 6.45) is 0.218. The number of hydrogen-bond donors (Lipinski definition) is 0. The number of ether oxygens (including phenoxy) is 1. The highest BCUT2D eigenvalue weighted by Gasteiger charge is 2.23. The second-order valence-electron chi connectivity index (χ2n) is 1.89. The lowest BCUT2D eigenvalue weighted by Crippen LogP contribution is -2.28. The van der Waals surface area contributed by atoms with Gasteiger partial charge < -0.3 is 9.64 Å². The Kier molecular flexibility index (Phi) is 1.12. The second-order valence-corrected chi connectivity index (χ2v) is 1.89. The summed E-state index contributed by atoms with van der Waals surface area (Å²) < 4.78 is 16.4. The molecule has 0 aliphatic carbocycles. The third kappa shape index (κ3) is 0.638. The SMILES string of the molecule is CN(C)C1=COC1F. The second kappa shape index (κ2) is 1.65. The molecule has 0 radical (unpaired) electrons. The average molecular weight is 117 g/mol. The maximum absolute atomic E-state index is 12.1. The maximum atomic E-state index is 12.1. The first kappa shape index (κ1) is 5.41. The van der Waals surface area contributed by atoms with E-state index in [0.29, 0.717) is 5.70 Å². The van der Waals surface area contributed by atoms with Gasteiger partial charge in [-0.15, -0.1) is 0 Å². The molecule has 8 heavy (non-hydrogen) atoms. The maximum Gasteiger partial charge on any atom is 0.280 e. The molecule has 1 unspecified atom stereocenters. The molecule has 0 amide bonds. The first-order valence-electron chi connectivity index (χ1n) is 2.39. The predicted octanol–water partition coefficient (Wildman–Crippen LogP) is 0.715. The highest BCUT2D eigenvalue weighted by Crippen LogP contribution is 2.20. The highest BCUT2D eigenvalue weighted by molar-refractivity contribution is 5.06. The summed E-state index contributed by atoms with van der Waals surface area (Å²) >= 11 is 0. The molecule has 1 atom stereocenters. The summed E-state index contributed by atoms with van der Waals surface area (Å²) in [5.41, 5.74) is 0.602. The van der Waals surface area contributed by atoms with Gasteiger partial charge in [0.15, 0.2) is 0 Å². The number of alkyl halides is 1. The minimum absolute atomic E-state index is 0.602. The van der Waals surface area contributed by atoms with Gasteiger partial charge in [0.05, 0.1) is 0 Å².